The standard InChI is InChI=1S/C13H19NO/c1-3-7-13(14(2)10-11-15)12-8-5-4-6-9-12/h3-9,13,15H,10-11H2,1-2H3. The molecule has 1 unspecified atom stereocenters. The van der Waals surface area contributed by atoms with E-state index in [9.17, 15) is 0 Å². The molecule has 0 radical (unpaired) electrons. The van der Waals surface area contributed by atoms with Crippen LogP contribution in [0.15, 0.2) is 42.5 Å². The van der Waals surface area contributed by atoms with Crippen molar-refractivity contribution in [1.82, 2.24) is 4.90 Å². The highest BCUT2D eigenvalue weighted by atomic mass is 16.3. The van der Waals surface area contributed by atoms with Crippen molar-refractivity contribution in [1.29, 1.82) is 0 Å². The fourth-order valence-electron chi connectivity index (χ4n) is 1.64. The second-order valence-electron chi connectivity index (χ2n) is 3.59. The van der Waals surface area contributed by atoms with E-state index in [1.54, 1.807) is 0 Å². The fraction of sp³-hybridized carbons (Fsp3) is 0.385. The van der Waals surface area contributed by atoms with Gasteiger partial charge in [0.25, 0.3) is 0 Å². The van der Waals surface area contributed by atoms with Gasteiger partial charge in [-0.15, -0.1) is 0 Å². The minimum Gasteiger partial charge on any atom is -0.395 e. The van der Waals surface area contributed by atoms with E-state index in [0.717, 1.165) is 0 Å². The summed E-state index contributed by atoms with van der Waals surface area (Å²) in [7, 11) is 2.02. The van der Waals surface area contributed by atoms with Gasteiger partial charge in [-0.25, -0.2) is 0 Å². The molecule has 0 amide bonds. The Hall–Kier alpha value is -1.12. The minimum atomic E-state index is 0.192. The molecule has 0 aliphatic rings. The third-order valence-corrected chi connectivity index (χ3v) is 2.44. The Balaban J connectivity index is 2.83. The predicted molar refractivity (Wildman–Crippen MR) is 63.7 cm³/mol. The Bertz CT molecular complexity index is 295. The fourth-order valence-corrected chi connectivity index (χ4v) is 1.64. The Labute approximate surface area is 91.9 Å². The van der Waals surface area contributed by atoms with Crippen molar-refractivity contribution in [3.8, 4) is 0 Å². The monoisotopic (exact) mass is 205 g/mol. The zero-order valence-electron chi connectivity index (χ0n) is 9.43. The van der Waals surface area contributed by atoms with Crippen molar-refractivity contribution in [2.75, 3.05) is 20.2 Å². The van der Waals surface area contributed by atoms with E-state index in [1.165, 1.54) is 5.56 Å². The molecule has 1 N–H and O–H groups in total. The molecule has 1 aromatic rings. The predicted octanol–water partition coefficient (Wildman–Crippen LogP) is 2.23. The van der Waals surface area contributed by atoms with Gasteiger partial charge < -0.3 is 5.11 Å². The summed E-state index contributed by atoms with van der Waals surface area (Å²) in [6.07, 6.45) is 4.19. The van der Waals surface area contributed by atoms with E-state index < -0.39 is 0 Å². The van der Waals surface area contributed by atoms with Crippen molar-refractivity contribution in [3.63, 3.8) is 0 Å². The first-order valence-corrected chi connectivity index (χ1v) is 5.28. The average Bonchev–Trinajstić information content (AvgIpc) is 2.27. The smallest absolute Gasteiger partial charge is 0.0558 e. The number of rotatable bonds is 5. The van der Waals surface area contributed by atoms with E-state index in [0.29, 0.717) is 6.54 Å². The second-order valence-corrected chi connectivity index (χ2v) is 3.59. The topological polar surface area (TPSA) is 23.5 Å². The molecular weight excluding hydrogens is 186 g/mol. The van der Waals surface area contributed by atoms with Crippen LogP contribution in [-0.2, 0) is 0 Å². The molecule has 0 fully saturated rings. The number of benzene rings is 1. The van der Waals surface area contributed by atoms with Crippen molar-refractivity contribution >= 4 is 0 Å². The largest absolute Gasteiger partial charge is 0.395 e. The van der Waals surface area contributed by atoms with Crippen molar-refractivity contribution in [2.45, 2.75) is 13.0 Å². The Morgan fingerprint density at radius 3 is 2.53 bits per heavy atom. The summed E-state index contributed by atoms with van der Waals surface area (Å²) < 4.78 is 0. The molecule has 1 aromatic carbocycles. The lowest BCUT2D eigenvalue weighted by molar-refractivity contribution is 0.200. The van der Waals surface area contributed by atoms with Crippen molar-refractivity contribution < 1.29 is 5.11 Å². The molecule has 82 valence electrons. The maximum absolute atomic E-state index is 8.93. The quantitative estimate of drug-likeness (QED) is 0.745. The summed E-state index contributed by atoms with van der Waals surface area (Å²) in [4.78, 5) is 2.13. The first kappa shape index (κ1) is 12.0. The molecule has 0 saturated heterocycles. The lowest BCUT2D eigenvalue weighted by Gasteiger charge is -2.25. The molecule has 0 aliphatic heterocycles. The Kier molecular flexibility index (Phi) is 5.08. The van der Waals surface area contributed by atoms with E-state index in [2.05, 4.69) is 23.1 Å². The lowest BCUT2D eigenvalue weighted by atomic mass is 10.1. The highest BCUT2D eigenvalue weighted by Gasteiger charge is 2.12. The highest BCUT2D eigenvalue weighted by molar-refractivity contribution is 5.22. The van der Waals surface area contributed by atoms with Crippen LogP contribution in [0.3, 0.4) is 0 Å². The molecule has 2 nitrogen and oxygen atoms in total. The zero-order valence-corrected chi connectivity index (χ0v) is 9.43. The maximum Gasteiger partial charge on any atom is 0.0558 e. The third-order valence-electron chi connectivity index (χ3n) is 2.44. The van der Waals surface area contributed by atoms with E-state index >= 15 is 0 Å². The number of allylic oxidation sites excluding steroid dienone is 1. The summed E-state index contributed by atoms with van der Waals surface area (Å²) >= 11 is 0. The first-order valence-electron chi connectivity index (χ1n) is 5.28. The van der Waals surface area contributed by atoms with Gasteiger partial charge in [-0.2, -0.15) is 0 Å². The Morgan fingerprint density at radius 1 is 1.33 bits per heavy atom. The number of aliphatic hydroxyl groups is 1. The molecule has 0 saturated carbocycles. The molecule has 0 spiro atoms. The summed E-state index contributed by atoms with van der Waals surface area (Å²) in [5.41, 5.74) is 1.26. The van der Waals surface area contributed by atoms with Crippen LogP contribution in [0.1, 0.15) is 18.5 Å². The van der Waals surface area contributed by atoms with Gasteiger partial charge >= 0.3 is 0 Å². The van der Waals surface area contributed by atoms with Gasteiger partial charge in [-0.3, -0.25) is 4.90 Å². The normalized spacial score (nSPS) is 13.6. The van der Waals surface area contributed by atoms with Gasteiger partial charge in [-0.05, 0) is 19.5 Å². The first-order chi connectivity index (χ1) is 7.29. The van der Waals surface area contributed by atoms with E-state index in [-0.39, 0.29) is 12.6 Å². The van der Waals surface area contributed by atoms with Crippen LogP contribution in [0.4, 0.5) is 0 Å². The summed E-state index contributed by atoms with van der Waals surface area (Å²) in [6, 6.07) is 10.6. The van der Waals surface area contributed by atoms with Gasteiger partial charge in [0.2, 0.25) is 0 Å². The molecular formula is C13H19NO. The second kappa shape index (κ2) is 6.38. The number of likely N-dealkylation sites (N-methyl/N-ethyl adjacent to an activating group) is 1. The number of nitrogens with zero attached hydrogens (tertiary/aromatic N) is 1. The van der Waals surface area contributed by atoms with Crippen LogP contribution < -0.4 is 0 Å². The molecule has 15 heavy (non-hydrogen) atoms. The van der Waals surface area contributed by atoms with Crippen LogP contribution in [-0.4, -0.2) is 30.2 Å². The van der Waals surface area contributed by atoms with E-state index in [1.807, 2.05) is 38.2 Å². The van der Waals surface area contributed by atoms with Gasteiger partial charge in [-0.1, -0.05) is 42.5 Å². The van der Waals surface area contributed by atoms with E-state index in [4.69, 9.17) is 5.11 Å². The number of hydrogen-bond acceptors (Lipinski definition) is 2. The van der Waals surface area contributed by atoms with Gasteiger partial charge in [0.15, 0.2) is 0 Å². The van der Waals surface area contributed by atoms with Crippen LogP contribution in [0.5, 0.6) is 0 Å². The molecule has 1 rings (SSSR count). The summed E-state index contributed by atoms with van der Waals surface area (Å²) in [5.74, 6) is 0. The van der Waals surface area contributed by atoms with Gasteiger partial charge in [0.05, 0.1) is 12.6 Å². The van der Waals surface area contributed by atoms with Crippen molar-refractivity contribution in [2.24, 2.45) is 0 Å². The molecule has 2 heteroatoms. The van der Waals surface area contributed by atoms with Gasteiger partial charge in [0.1, 0.15) is 0 Å². The molecule has 0 aliphatic carbocycles. The maximum atomic E-state index is 8.93. The van der Waals surface area contributed by atoms with Gasteiger partial charge in [0, 0.05) is 6.54 Å². The SMILES string of the molecule is CC=CC(c1ccccc1)N(C)CCO. The average molecular weight is 205 g/mol. The molecule has 0 heterocycles. The highest BCUT2D eigenvalue weighted by Crippen LogP contribution is 2.20. The van der Waals surface area contributed by atoms with Crippen LogP contribution in [0.25, 0.3) is 0 Å². The van der Waals surface area contributed by atoms with Crippen LogP contribution in [0.2, 0.25) is 0 Å². The lowest BCUT2D eigenvalue weighted by Crippen LogP contribution is -2.26. The summed E-state index contributed by atoms with van der Waals surface area (Å²) in [5, 5.41) is 8.93. The molecule has 1 atom stereocenters. The number of hydrogen-bond donors (Lipinski definition) is 1. The van der Waals surface area contributed by atoms with Crippen molar-refractivity contribution in [3.05, 3.63) is 48.0 Å². The zero-order chi connectivity index (χ0) is 11.1. The molecule has 0 aromatic heterocycles. The molecule has 0 bridgehead atoms. The summed E-state index contributed by atoms with van der Waals surface area (Å²) in [6.45, 7) is 2.89. The third kappa shape index (κ3) is 3.50. The van der Waals surface area contributed by atoms with Crippen LogP contribution >= 0.6 is 0 Å². The minimum absolute atomic E-state index is 0.192. The number of aliphatic hydroxyl groups excluding tert-OH is 1. The van der Waals surface area contributed by atoms with Crippen LogP contribution in [0, 0.1) is 0 Å². The Morgan fingerprint density at radius 2 is 2.00 bits per heavy atom.